The lowest BCUT2D eigenvalue weighted by Gasteiger charge is -2.12. The smallest absolute Gasteiger partial charge is 0.271 e. The molecule has 0 bridgehead atoms. The molecule has 1 N–H and O–H groups in total. The fraction of sp³-hybridized carbons (Fsp3) is 0.200. The molecule has 0 aliphatic carbocycles. The highest BCUT2D eigenvalue weighted by atomic mass is 35.5. The van der Waals surface area contributed by atoms with Crippen LogP contribution in [0.1, 0.15) is 41.8 Å². The lowest BCUT2D eigenvalue weighted by Crippen LogP contribution is -2.17. The van der Waals surface area contributed by atoms with Gasteiger partial charge in [-0.2, -0.15) is 5.10 Å². The van der Waals surface area contributed by atoms with Crippen LogP contribution in [-0.4, -0.2) is 25.3 Å². The van der Waals surface area contributed by atoms with Crippen LogP contribution in [0.4, 0.5) is 0 Å². The number of benzene rings is 4. The van der Waals surface area contributed by atoms with E-state index in [1.165, 1.54) is 6.21 Å². The second-order valence-electron chi connectivity index (χ2n) is 8.26. The second kappa shape index (κ2) is 12.8. The molecule has 7 heteroatoms. The van der Waals surface area contributed by atoms with Crippen LogP contribution in [0.3, 0.4) is 0 Å². The van der Waals surface area contributed by atoms with Crippen LogP contribution in [0.5, 0.6) is 17.2 Å². The average Bonchev–Trinajstić information content (AvgIpc) is 2.92. The fourth-order valence-corrected chi connectivity index (χ4v) is 4.01. The fourth-order valence-electron chi connectivity index (χ4n) is 3.77. The van der Waals surface area contributed by atoms with Crippen molar-refractivity contribution in [1.29, 1.82) is 0 Å². The molecule has 0 aliphatic rings. The summed E-state index contributed by atoms with van der Waals surface area (Å²) < 4.78 is 17.3. The lowest BCUT2D eigenvalue weighted by atomic mass is 10.1. The third-order valence-corrected chi connectivity index (χ3v) is 5.86. The number of rotatable bonds is 11. The molecular formula is C30H29ClN2O4. The minimum atomic E-state index is -0.361. The van der Waals surface area contributed by atoms with Crippen molar-refractivity contribution in [1.82, 2.24) is 5.43 Å². The predicted molar refractivity (Wildman–Crippen MR) is 148 cm³/mol. The van der Waals surface area contributed by atoms with Crippen LogP contribution in [0, 0.1) is 0 Å². The topological polar surface area (TPSA) is 69.2 Å². The summed E-state index contributed by atoms with van der Waals surface area (Å²) in [6.07, 6.45) is 2.41. The van der Waals surface area contributed by atoms with Gasteiger partial charge in [-0.1, -0.05) is 61.0 Å². The van der Waals surface area contributed by atoms with Crippen LogP contribution in [0.2, 0.25) is 5.02 Å². The van der Waals surface area contributed by atoms with E-state index in [2.05, 4.69) is 28.7 Å². The van der Waals surface area contributed by atoms with Crippen LogP contribution in [0.25, 0.3) is 10.8 Å². The average molecular weight is 517 g/mol. The molecule has 0 unspecified atom stereocenters. The Kier molecular flexibility index (Phi) is 9.00. The Morgan fingerprint density at radius 1 is 0.892 bits per heavy atom. The van der Waals surface area contributed by atoms with E-state index in [9.17, 15) is 4.79 Å². The van der Waals surface area contributed by atoms with Crippen LogP contribution in [-0.2, 0) is 6.61 Å². The quantitative estimate of drug-likeness (QED) is 0.172. The van der Waals surface area contributed by atoms with Gasteiger partial charge in [0.15, 0.2) is 11.5 Å². The van der Waals surface area contributed by atoms with Gasteiger partial charge in [-0.3, -0.25) is 4.79 Å². The summed E-state index contributed by atoms with van der Waals surface area (Å²) in [5, 5.41) is 6.84. The third kappa shape index (κ3) is 6.80. The minimum Gasteiger partial charge on any atom is -0.490 e. The zero-order valence-corrected chi connectivity index (χ0v) is 21.6. The van der Waals surface area contributed by atoms with E-state index in [-0.39, 0.29) is 5.91 Å². The number of hydrazone groups is 1. The van der Waals surface area contributed by atoms with Gasteiger partial charge in [0.25, 0.3) is 5.91 Å². The molecule has 0 fully saturated rings. The van der Waals surface area contributed by atoms with Gasteiger partial charge in [-0.05, 0) is 71.6 Å². The first-order valence-electron chi connectivity index (χ1n) is 12.2. The normalized spacial score (nSPS) is 11.0. The summed E-state index contributed by atoms with van der Waals surface area (Å²) in [6.45, 7) is 5.35. The van der Waals surface area contributed by atoms with E-state index >= 15 is 0 Å². The van der Waals surface area contributed by atoms with Crippen LogP contribution in [0.15, 0.2) is 84.0 Å². The van der Waals surface area contributed by atoms with Crippen molar-refractivity contribution in [2.75, 3.05) is 13.2 Å². The highest BCUT2D eigenvalue weighted by Gasteiger charge is 2.11. The van der Waals surface area contributed by atoms with Gasteiger partial charge >= 0.3 is 0 Å². The Hall–Kier alpha value is -4.03. The Bertz CT molecular complexity index is 1400. The maximum atomic E-state index is 12.6. The monoisotopic (exact) mass is 516 g/mol. The third-order valence-electron chi connectivity index (χ3n) is 5.57. The molecule has 37 heavy (non-hydrogen) atoms. The van der Waals surface area contributed by atoms with E-state index < -0.39 is 0 Å². The zero-order chi connectivity index (χ0) is 26.0. The van der Waals surface area contributed by atoms with Crippen LogP contribution < -0.4 is 19.6 Å². The van der Waals surface area contributed by atoms with Crippen molar-refractivity contribution < 1.29 is 19.0 Å². The summed E-state index contributed by atoms with van der Waals surface area (Å²) in [5.74, 6) is 1.35. The van der Waals surface area contributed by atoms with E-state index in [4.69, 9.17) is 25.8 Å². The number of amides is 1. The maximum Gasteiger partial charge on any atom is 0.271 e. The molecule has 0 atom stereocenters. The van der Waals surface area contributed by atoms with Gasteiger partial charge in [-0.15, -0.1) is 0 Å². The molecule has 0 spiro atoms. The molecule has 0 radical (unpaired) electrons. The van der Waals surface area contributed by atoms with Crippen molar-refractivity contribution in [3.63, 3.8) is 0 Å². The maximum absolute atomic E-state index is 12.6. The molecular weight excluding hydrogens is 488 g/mol. The summed E-state index contributed by atoms with van der Waals surface area (Å²) in [4.78, 5) is 12.6. The van der Waals surface area contributed by atoms with Crippen molar-refractivity contribution in [3.8, 4) is 17.2 Å². The van der Waals surface area contributed by atoms with E-state index in [0.717, 1.165) is 28.3 Å². The van der Waals surface area contributed by atoms with Gasteiger partial charge in [0.1, 0.15) is 12.4 Å². The number of nitrogens with one attached hydrogen (secondary N) is 1. The van der Waals surface area contributed by atoms with Crippen molar-refractivity contribution >= 4 is 34.5 Å². The SMILES string of the molecule is CCCOc1ccc(C(=O)N/N=C/c2ccc(OCc3cccc4ccccc34)c(Cl)c2)cc1OCC. The molecule has 6 nitrogen and oxygen atoms in total. The largest absolute Gasteiger partial charge is 0.490 e. The highest BCUT2D eigenvalue weighted by Crippen LogP contribution is 2.29. The second-order valence-corrected chi connectivity index (χ2v) is 8.67. The summed E-state index contributed by atoms with van der Waals surface area (Å²) >= 11 is 6.45. The van der Waals surface area contributed by atoms with Crippen molar-refractivity contribution in [2.45, 2.75) is 26.9 Å². The Morgan fingerprint density at radius 2 is 1.70 bits per heavy atom. The van der Waals surface area contributed by atoms with Gasteiger partial charge < -0.3 is 14.2 Å². The lowest BCUT2D eigenvalue weighted by molar-refractivity contribution is 0.0954. The van der Waals surface area contributed by atoms with Crippen molar-refractivity contribution in [3.05, 3.63) is 101 Å². The number of fused-ring (bicyclic) bond motifs is 1. The van der Waals surface area contributed by atoms with Crippen LogP contribution >= 0.6 is 11.6 Å². The Labute approximate surface area is 221 Å². The number of halogens is 1. The summed E-state index contributed by atoms with van der Waals surface area (Å²) in [7, 11) is 0. The molecule has 1 amide bonds. The molecule has 190 valence electrons. The number of carbonyl (C=O) groups is 1. The van der Waals surface area contributed by atoms with Gasteiger partial charge in [0.05, 0.1) is 24.5 Å². The summed E-state index contributed by atoms with van der Waals surface area (Å²) in [5.41, 5.74) is 4.76. The highest BCUT2D eigenvalue weighted by molar-refractivity contribution is 6.32. The van der Waals surface area contributed by atoms with E-state index in [0.29, 0.717) is 47.7 Å². The van der Waals surface area contributed by atoms with Crippen molar-refractivity contribution in [2.24, 2.45) is 5.10 Å². The molecule has 0 saturated heterocycles. The molecule has 4 aromatic rings. The summed E-state index contributed by atoms with van der Waals surface area (Å²) in [6, 6.07) is 24.7. The number of carbonyl (C=O) groups excluding carboxylic acids is 1. The van der Waals surface area contributed by atoms with E-state index in [1.54, 1.807) is 30.3 Å². The number of nitrogens with zero attached hydrogens (tertiary/aromatic N) is 1. The molecule has 0 aromatic heterocycles. The van der Waals surface area contributed by atoms with E-state index in [1.807, 2.05) is 44.2 Å². The van der Waals surface area contributed by atoms with Gasteiger partial charge in [-0.25, -0.2) is 5.43 Å². The zero-order valence-electron chi connectivity index (χ0n) is 20.9. The number of hydrogen-bond acceptors (Lipinski definition) is 5. The predicted octanol–water partition coefficient (Wildman–Crippen LogP) is 7.02. The Balaban J connectivity index is 1.37. The first-order valence-corrected chi connectivity index (χ1v) is 12.6. The van der Waals surface area contributed by atoms with Gasteiger partial charge in [0, 0.05) is 5.56 Å². The minimum absolute atomic E-state index is 0.361. The Morgan fingerprint density at radius 3 is 2.51 bits per heavy atom. The molecule has 0 aliphatic heterocycles. The first-order chi connectivity index (χ1) is 18.1. The molecule has 0 heterocycles. The van der Waals surface area contributed by atoms with Gasteiger partial charge in [0.2, 0.25) is 0 Å². The first kappa shape index (κ1) is 26.0. The number of hydrogen-bond donors (Lipinski definition) is 1. The molecule has 4 aromatic carbocycles. The molecule has 0 saturated carbocycles. The number of ether oxygens (including phenoxy) is 3. The molecule has 4 rings (SSSR count). The standard InChI is InChI=1S/C30H29ClN2O4/c1-3-16-36-28-15-13-23(18-29(28)35-4-2)30(34)33-32-19-21-12-14-27(26(31)17-21)37-20-24-10-7-9-22-8-5-6-11-25(22)24/h5-15,17-19H,3-4,16,20H2,1-2H3,(H,33,34)/b32-19+.